The second kappa shape index (κ2) is 5.37. The van der Waals surface area contributed by atoms with Crippen molar-refractivity contribution in [2.45, 2.75) is 17.9 Å². The summed E-state index contributed by atoms with van der Waals surface area (Å²) in [5.74, 6) is -2.22. The molecular weight excluding hydrogens is 323 g/mol. The Morgan fingerprint density at radius 1 is 1.16 bits per heavy atom. The first kappa shape index (κ1) is 15.8. The summed E-state index contributed by atoms with van der Waals surface area (Å²) < 4.78 is 89.0. The zero-order valence-corrected chi connectivity index (χ0v) is 10.2. The largest absolute Gasteiger partial charge is 0.573 e. The molecule has 0 heterocycles. The van der Waals surface area contributed by atoms with Crippen molar-refractivity contribution in [1.82, 2.24) is 0 Å². The molecule has 1 aromatic rings. The van der Waals surface area contributed by atoms with E-state index in [9.17, 15) is 30.4 Å². The van der Waals surface area contributed by atoms with E-state index >= 15 is 0 Å². The summed E-state index contributed by atoms with van der Waals surface area (Å²) in [4.78, 5) is -0.709. The van der Waals surface area contributed by atoms with Crippen LogP contribution in [0.4, 0.5) is 22.0 Å². The highest BCUT2D eigenvalue weighted by Gasteiger charge is 2.33. The Bertz CT molecular complexity index is 557. The van der Waals surface area contributed by atoms with Crippen molar-refractivity contribution in [2.24, 2.45) is 0 Å². The van der Waals surface area contributed by atoms with E-state index in [0.29, 0.717) is 18.2 Å². The molecule has 0 fully saturated rings. The first-order valence-corrected chi connectivity index (χ1v) is 6.59. The molecule has 0 aromatic heterocycles. The van der Waals surface area contributed by atoms with Gasteiger partial charge in [0.15, 0.2) is 11.5 Å². The van der Waals surface area contributed by atoms with Crippen LogP contribution in [0.15, 0.2) is 23.1 Å². The van der Waals surface area contributed by atoms with Gasteiger partial charge in [-0.05, 0) is 12.1 Å². The molecule has 0 saturated heterocycles. The Labute approximate surface area is 108 Å². The summed E-state index contributed by atoms with van der Waals surface area (Å²) >= 11 is 0. The highest BCUT2D eigenvalue weighted by Crippen LogP contribution is 2.35. The van der Waals surface area contributed by atoms with Gasteiger partial charge in [0.05, 0.1) is 4.90 Å². The van der Waals surface area contributed by atoms with Crippen LogP contribution in [-0.2, 0) is 9.05 Å². The molecule has 1 rings (SSSR count). The summed E-state index contributed by atoms with van der Waals surface area (Å²) in [7, 11) is 0.608. The molecule has 0 aliphatic rings. The Balaban J connectivity index is 3.24. The number of benzene rings is 1. The van der Waals surface area contributed by atoms with Crippen molar-refractivity contribution in [2.75, 3.05) is 0 Å². The lowest BCUT2D eigenvalue weighted by Crippen LogP contribution is -2.18. The molecule has 0 unspecified atom stereocenters. The minimum absolute atomic E-state index is 0.398. The third kappa shape index (κ3) is 5.07. The third-order valence-corrected chi connectivity index (χ3v) is 2.99. The zero-order valence-electron chi connectivity index (χ0n) is 8.62. The molecule has 19 heavy (non-hydrogen) atoms. The maximum atomic E-state index is 12.0. The van der Waals surface area contributed by atoms with Gasteiger partial charge in [0.2, 0.25) is 0 Å². The average molecular weight is 327 g/mol. The lowest BCUT2D eigenvalue weighted by molar-refractivity contribution is -0.275. The topological polar surface area (TPSA) is 52.6 Å². The monoisotopic (exact) mass is 326 g/mol. The molecule has 0 aliphatic carbocycles. The van der Waals surface area contributed by atoms with Crippen LogP contribution in [0, 0.1) is 0 Å². The van der Waals surface area contributed by atoms with Gasteiger partial charge in [-0.15, -0.1) is 13.2 Å². The van der Waals surface area contributed by atoms with Crippen LogP contribution in [0.3, 0.4) is 0 Å². The first-order valence-electron chi connectivity index (χ1n) is 4.28. The standard InChI is InChI=1S/C8H4ClF5O4S/c9-19(15,16)4-1-2-5(18-8(12,13)14)6(3-4)17-7(10)11/h1-3,7H. The van der Waals surface area contributed by atoms with E-state index in [-0.39, 0.29) is 0 Å². The average Bonchev–Trinajstić information content (AvgIpc) is 2.15. The lowest BCUT2D eigenvalue weighted by atomic mass is 10.3. The first-order chi connectivity index (χ1) is 8.49. The van der Waals surface area contributed by atoms with Crippen molar-refractivity contribution in [3.63, 3.8) is 0 Å². The molecule has 4 nitrogen and oxygen atoms in total. The van der Waals surface area contributed by atoms with Gasteiger partial charge < -0.3 is 9.47 Å². The van der Waals surface area contributed by atoms with E-state index in [4.69, 9.17) is 10.7 Å². The lowest BCUT2D eigenvalue weighted by Gasteiger charge is -2.14. The van der Waals surface area contributed by atoms with Crippen molar-refractivity contribution < 1.29 is 39.8 Å². The minimum Gasteiger partial charge on any atom is -0.431 e. The van der Waals surface area contributed by atoms with Gasteiger partial charge in [-0.3, -0.25) is 0 Å². The summed E-state index contributed by atoms with van der Waals surface area (Å²) in [5.41, 5.74) is 0. The van der Waals surface area contributed by atoms with Gasteiger partial charge >= 0.3 is 13.0 Å². The maximum Gasteiger partial charge on any atom is 0.573 e. The van der Waals surface area contributed by atoms with Crippen LogP contribution in [0.1, 0.15) is 0 Å². The fourth-order valence-corrected chi connectivity index (χ4v) is 1.80. The van der Waals surface area contributed by atoms with E-state index in [1.165, 1.54) is 0 Å². The highest BCUT2D eigenvalue weighted by molar-refractivity contribution is 8.13. The van der Waals surface area contributed by atoms with Crippen LogP contribution < -0.4 is 9.47 Å². The van der Waals surface area contributed by atoms with Gasteiger partial charge in [0, 0.05) is 16.7 Å². The van der Waals surface area contributed by atoms with Crippen molar-refractivity contribution in [3.05, 3.63) is 18.2 Å². The van der Waals surface area contributed by atoms with Crippen LogP contribution >= 0.6 is 10.7 Å². The molecule has 0 aliphatic heterocycles. The molecule has 0 amide bonds. The number of halogens is 6. The van der Waals surface area contributed by atoms with Crippen LogP contribution in [-0.4, -0.2) is 21.4 Å². The zero-order chi connectivity index (χ0) is 14.8. The molecule has 0 saturated carbocycles. The van der Waals surface area contributed by atoms with Gasteiger partial charge in [0.25, 0.3) is 9.05 Å². The summed E-state index contributed by atoms with van der Waals surface area (Å²) in [6.45, 7) is -3.47. The summed E-state index contributed by atoms with van der Waals surface area (Å²) in [5, 5.41) is 0. The Hall–Kier alpha value is -1.29. The van der Waals surface area contributed by atoms with E-state index in [2.05, 4.69) is 9.47 Å². The number of hydrogen-bond acceptors (Lipinski definition) is 4. The minimum atomic E-state index is -5.15. The van der Waals surface area contributed by atoms with E-state index < -0.39 is 38.4 Å². The predicted molar refractivity (Wildman–Crippen MR) is 52.8 cm³/mol. The van der Waals surface area contributed by atoms with E-state index in [0.717, 1.165) is 0 Å². The Morgan fingerprint density at radius 3 is 2.16 bits per heavy atom. The van der Waals surface area contributed by atoms with Crippen LogP contribution in [0.5, 0.6) is 11.5 Å². The number of rotatable bonds is 4. The van der Waals surface area contributed by atoms with Gasteiger partial charge in [-0.1, -0.05) is 0 Å². The van der Waals surface area contributed by atoms with Crippen LogP contribution in [0.2, 0.25) is 0 Å². The van der Waals surface area contributed by atoms with Crippen LogP contribution in [0.25, 0.3) is 0 Å². The van der Waals surface area contributed by atoms with Gasteiger partial charge in [-0.25, -0.2) is 8.42 Å². The molecule has 0 bridgehead atoms. The number of ether oxygens (including phenoxy) is 2. The highest BCUT2D eigenvalue weighted by atomic mass is 35.7. The normalized spacial score (nSPS) is 12.6. The number of alkyl halides is 5. The van der Waals surface area contributed by atoms with Gasteiger partial charge in [0.1, 0.15) is 0 Å². The van der Waals surface area contributed by atoms with Crippen molar-refractivity contribution in [1.29, 1.82) is 0 Å². The fraction of sp³-hybridized carbons (Fsp3) is 0.250. The summed E-state index contributed by atoms with van der Waals surface area (Å²) in [6, 6.07) is 1.55. The summed E-state index contributed by atoms with van der Waals surface area (Å²) in [6.07, 6.45) is -5.15. The molecular formula is C8H4ClF5O4S. The van der Waals surface area contributed by atoms with E-state index in [1.54, 1.807) is 0 Å². The van der Waals surface area contributed by atoms with E-state index in [1.807, 2.05) is 0 Å². The third-order valence-electron chi connectivity index (χ3n) is 1.64. The molecule has 0 N–H and O–H groups in total. The van der Waals surface area contributed by atoms with Gasteiger partial charge in [-0.2, -0.15) is 8.78 Å². The maximum absolute atomic E-state index is 12.0. The molecule has 0 spiro atoms. The number of hydrogen-bond donors (Lipinski definition) is 0. The molecule has 0 atom stereocenters. The second-order valence-electron chi connectivity index (χ2n) is 2.97. The second-order valence-corrected chi connectivity index (χ2v) is 5.54. The Kier molecular flexibility index (Phi) is 4.46. The van der Waals surface area contributed by atoms with Crippen molar-refractivity contribution in [3.8, 4) is 11.5 Å². The predicted octanol–water partition coefficient (Wildman–Crippen LogP) is 3.11. The smallest absolute Gasteiger partial charge is 0.431 e. The molecule has 108 valence electrons. The molecule has 1 aromatic carbocycles. The molecule has 11 heteroatoms. The SMILES string of the molecule is O=S(=O)(Cl)c1ccc(OC(F)(F)F)c(OC(F)F)c1. The quantitative estimate of drug-likeness (QED) is 0.630. The molecule has 0 radical (unpaired) electrons. The fourth-order valence-electron chi connectivity index (χ4n) is 1.04. The van der Waals surface area contributed by atoms with Crippen molar-refractivity contribution >= 4 is 19.7 Å². The Morgan fingerprint density at radius 2 is 1.74 bits per heavy atom.